The molecule has 0 saturated carbocycles. The first kappa shape index (κ1) is 30.0. The van der Waals surface area contributed by atoms with Crippen molar-refractivity contribution in [1.29, 1.82) is 0 Å². The van der Waals surface area contributed by atoms with Crippen molar-refractivity contribution in [3.8, 4) is 22.3 Å². The molecule has 2 aliphatic carbocycles. The van der Waals surface area contributed by atoms with Crippen LogP contribution in [0.2, 0.25) is 0 Å². The van der Waals surface area contributed by atoms with Crippen LogP contribution in [-0.4, -0.2) is 0 Å². The van der Waals surface area contributed by atoms with Crippen molar-refractivity contribution in [2.24, 2.45) is 0 Å². The van der Waals surface area contributed by atoms with Gasteiger partial charge in [-0.15, -0.1) is 0 Å². The smallest absolute Gasteiger partial charge is 0.137 e. The molecule has 7 aromatic rings. The molecule has 50 heavy (non-hydrogen) atoms. The molecule has 1 heterocycles. The van der Waals surface area contributed by atoms with Crippen LogP contribution in [0.15, 0.2) is 197 Å². The molecule has 1 aromatic heterocycles. The van der Waals surface area contributed by atoms with Gasteiger partial charge in [0.1, 0.15) is 11.2 Å². The summed E-state index contributed by atoms with van der Waals surface area (Å²) in [6.45, 7) is 0. The van der Waals surface area contributed by atoms with Crippen LogP contribution < -0.4 is 4.90 Å². The predicted octanol–water partition coefficient (Wildman–Crippen LogP) is 13.5. The molecule has 0 radical (unpaired) electrons. The molecule has 6 aromatic carbocycles. The fourth-order valence-electron chi connectivity index (χ4n) is 7.67. The summed E-state index contributed by atoms with van der Waals surface area (Å²) in [6.07, 6.45) is 13.4. The third-order valence-electron chi connectivity index (χ3n) is 10.1. The number of anilines is 2. The Kier molecular flexibility index (Phi) is 7.83. The predicted molar refractivity (Wildman–Crippen MR) is 210 cm³/mol. The van der Waals surface area contributed by atoms with Crippen LogP contribution in [-0.2, 0) is 0 Å². The quantitative estimate of drug-likeness (QED) is 0.172. The van der Waals surface area contributed by atoms with E-state index in [1.807, 2.05) is 6.07 Å². The Morgan fingerprint density at radius 3 is 2.06 bits per heavy atom. The van der Waals surface area contributed by atoms with Crippen molar-refractivity contribution in [3.05, 3.63) is 198 Å². The monoisotopic (exact) mass is 643 g/mol. The Balaban J connectivity index is 1.19. The number of rotatable bonds is 7. The van der Waals surface area contributed by atoms with Gasteiger partial charge >= 0.3 is 0 Å². The van der Waals surface area contributed by atoms with E-state index in [2.05, 4.69) is 175 Å². The highest BCUT2D eigenvalue weighted by Gasteiger charge is 2.24. The zero-order chi connectivity index (χ0) is 33.3. The minimum Gasteiger partial charge on any atom is -0.456 e. The van der Waals surface area contributed by atoms with E-state index in [0.717, 1.165) is 59.0 Å². The molecule has 0 N–H and O–H groups in total. The third-order valence-corrected chi connectivity index (χ3v) is 10.1. The minimum atomic E-state index is 0.900. The maximum Gasteiger partial charge on any atom is 0.137 e. The van der Waals surface area contributed by atoms with Crippen molar-refractivity contribution >= 4 is 38.9 Å². The molecule has 0 unspecified atom stereocenters. The number of fused-ring (bicyclic) bond motifs is 3. The number of nitrogens with zero attached hydrogens (tertiary/aromatic N) is 1. The molecule has 0 atom stereocenters. The van der Waals surface area contributed by atoms with Crippen LogP contribution in [0.1, 0.15) is 31.2 Å². The van der Waals surface area contributed by atoms with Crippen molar-refractivity contribution in [2.75, 3.05) is 4.90 Å². The van der Waals surface area contributed by atoms with Gasteiger partial charge in [0.2, 0.25) is 0 Å². The zero-order valence-corrected chi connectivity index (χ0v) is 27.9. The fourth-order valence-corrected chi connectivity index (χ4v) is 7.67. The van der Waals surface area contributed by atoms with Crippen LogP contribution in [0.4, 0.5) is 11.4 Å². The van der Waals surface area contributed by atoms with Gasteiger partial charge in [-0.1, -0.05) is 133 Å². The summed E-state index contributed by atoms with van der Waals surface area (Å²) in [4.78, 5) is 2.46. The lowest BCUT2D eigenvalue weighted by molar-refractivity contribution is 0.669. The molecule has 0 amide bonds. The first-order chi connectivity index (χ1) is 24.8. The van der Waals surface area contributed by atoms with Gasteiger partial charge in [-0.2, -0.15) is 0 Å². The van der Waals surface area contributed by atoms with E-state index in [1.165, 1.54) is 50.2 Å². The van der Waals surface area contributed by atoms with Gasteiger partial charge in [-0.25, -0.2) is 0 Å². The SMILES string of the molecule is C1=CC(c2ccccc2)=C(C2=CC=C(N(c3ccc4c(c3)oc3ccccc34)c3ccccc3-c3cccc(-c4ccccc4)c3)CC2)CC1. The third kappa shape index (κ3) is 5.59. The summed E-state index contributed by atoms with van der Waals surface area (Å²) in [6, 6.07) is 54.2. The number of benzene rings is 6. The van der Waals surface area contributed by atoms with Gasteiger partial charge in [0.25, 0.3) is 0 Å². The zero-order valence-electron chi connectivity index (χ0n) is 27.9. The molecule has 9 rings (SSSR count). The van der Waals surface area contributed by atoms with Crippen LogP contribution in [0, 0.1) is 0 Å². The number of hydrogen-bond acceptors (Lipinski definition) is 2. The van der Waals surface area contributed by atoms with Crippen molar-refractivity contribution in [1.82, 2.24) is 0 Å². The van der Waals surface area contributed by atoms with Gasteiger partial charge in [-0.05, 0) is 101 Å². The molecule has 2 nitrogen and oxygen atoms in total. The average molecular weight is 644 g/mol. The summed E-state index contributed by atoms with van der Waals surface area (Å²) in [5.74, 6) is 0. The lowest BCUT2D eigenvalue weighted by Crippen LogP contribution is -2.19. The minimum absolute atomic E-state index is 0.900. The lowest BCUT2D eigenvalue weighted by atomic mass is 9.84. The molecule has 0 spiro atoms. The number of furan rings is 1. The molecule has 240 valence electrons. The van der Waals surface area contributed by atoms with E-state index in [1.54, 1.807) is 0 Å². The van der Waals surface area contributed by atoms with Gasteiger partial charge in [0.05, 0.1) is 5.69 Å². The largest absolute Gasteiger partial charge is 0.456 e. The van der Waals surface area contributed by atoms with Crippen LogP contribution in [0.25, 0.3) is 49.8 Å². The highest BCUT2D eigenvalue weighted by atomic mass is 16.3. The lowest BCUT2D eigenvalue weighted by Gasteiger charge is -2.32. The molecule has 0 saturated heterocycles. The second kappa shape index (κ2) is 13.1. The van der Waals surface area contributed by atoms with Gasteiger partial charge in [0, 0.05) is 33.8 Å². The van der Waals surface area contributed by atoms with Crippen molar-refractivity contribution < 1.29 is 4.42 Å². The summed E-state index contributed by atoms with van der Waals surface area (Å²) in [7, 11) is 0. The van der Waals surface area contributed by atoms with E-state index in [-0.39, 0.29) is 0 Å². The Hall–Kier alpha value is -6.12. The Labute approximate surface area is 293 Å². The van der Waals surface area contributed by atoms with E-state index in [4.69, 9.17) is 4.42 Å². The fraction of sp³-hybridized carbons (Fsp3) is 0.0833. The molecule has 2 aliphatic rings. The van der Waals surface area contributed by atoms with E-state index in [9.17, 15) is 0 Å². The van der Waals surface area contributed by atoms with Crippen molar-refractivity contribution in [3.63, 3.8) is 0 Å². The second-order valence-electron chi connectivity index (χ2n) is 13.1. The molecule has 0 bridgehead atoms. The van der Waals surface area contributed by atoms with Crippen LogP contribution in [0.5, 0.6) is 0 Å². The number of hydrogen-bond donors (Lipinski definition) is 0. The number of para-hydroxylation sites is 2. The Morgan fingerprint density at radius 1 is 0.500 bits per heavy atom. The molecular weight excluding hydrogens is 607 g/mol. The van der Waals surface area contributed by atoms with E-state index in [0.29, 0.717) is 0 Å². The van der Waals surface area contributed by atoms with Gasteiger partial charge < -0.3 is 9.32 Å². The van der Waals surface area contributed by atoms with Crippen molar-refractivity contribution in [2.45, 2.75) is 25.7 Å². The average Bonchev–Trinajstić information content (AvgIpc) is 3.57. The van der Waals surface area contributed by atoms with Crippen LogP contribution >= 0.6 is 0 Å². The highest BCUT2D eigenvalue weighted by molar-refractivity contribution is 6.06. The van der Waals surface area contributed by atoms with Gasteiger partial charge in [-0.3, -0.25) is 0 Å². The molecular formula is C48H37NO. The first-order valence-corrected chi connectivity index (χ1v) is 17.6. The molecule has 0 fully saturated rings. The van der Waals surface area contributed by atoms with E-state index >= 15 is 0 Å². The maximum absolute atomic E-state index is 6.43. The second-order valence-corrected chi connectivity index (χ2v) is 13.1. The topological polar surface area (TPSA) is 16.4 Å². The Morgan fingerprint density at radius 2 is 1.22 bits per heavy atom. The summed E-state index contributed by atoms with van der Waals surface area (Å²) >= 11 is 0. The van der Waals surface area contributed by atoms with Crippen LogP contribution in [0.3, 0.4) is 0 Å². The maximum atomic E-state index is 6.43. The molecule has 0 aliphatic heterocycles. The Bertz CT molecular complexity index is 2480. The van der Waals surface area contributed by atoms with E-state index < -0.39 is 0 Å². The normalized spacial score (nSPS) is 14.6. The number of allylic oxidation sites excluding steroid dienone is 8. The summed E-state index contributed by atoms with van der Waals surface area (Å²) in [5, 5.41) is 2.28. The summed E-state index contributed by atoms with van der Waals surface area (Å²) < 4.78 is 6.43. The van der Waals surface area contributed by atoms with Gasteiger partial charge in [0.15, 0.2) is 0 Å². The highest BCUT2D eigenvalue weighted by Crippen LogP contribution is 2.44. The first-order valence-electron chi connectivity index (χ1n) is 17.6. The standard InChI is InChI=1S/C48H37NO/c1-3-14-34(15-4-1)37-18-13-19-38(32-37)43-22-9-11-24-46(43)49(40-30-31-45-44-23-10-12-25-47(44)50-48(45)33-40)39-28-26-36(27-29-39)42-21-8-7-20-41(42)35-16-5-2-6-17-35/h1-7,9-20,22-26,28,30-33H,8,21,27,29H2. The molecule has 2 heteroatoms. The summed E-state index contributed by atoms with van der Waals surface area (Å²) in [5.41, 5.74) is 15.7.